The summed E-state index contributed by atoms with van der Waals surface area (Å²) in [5.41, 5.74) is 1.57. The molecule has 0 unspecified atom stereocenters. The Bertz CT molecular complexity index is 485. The molecule has 0 spiro atoms. The number of carbonyl (C=O) groups is 2. The van der Waals surface area contributed by atoms with Crippen molar-refractivity contribution in [3.05, 3.63) is 23.8 Å². The summed E-state index contributed by atoms with van der Waals surface area (Å²) >= 11 is 0. The normalized spacial score (nSPS) is 10.2. The third-order valence-electron chi connectivity index (χ3n) is 2.95. The second kappa shape index (κ2) is 7.53. The lowest BCUT2D eigenvalue weighted by Gasteiger charge is -2.23. The maximum absolute atomic E-state index is 12.2. The first-order valence-corrected chi connectivity index (χ1v) is 6.75. The van der Waals surface area contributed by atoms with Gasteiger partial charge in [0.1, 0.15) is 5.75 Å². The van der Waals surface area contributed by atoms with Crippen molar-refractivity contribution in [2.24, 2.45) is 0 Å². The van der Waals surface area contributed by atoms with E-state index in [1.807, 2.05) is 13.8 Å². The van der Waals surface area contributed by atoms with Crippen LogP contribution in [-0.2, 0) is 14.3 Å². The summed E-state index contributed by atoms with van der Waals surface area (Å²) in [7, 11) is 0. The number of hydrogen-bond acceptors (Lipinski definition) is 4. The van der Waals surface area contributed by atoms with Gasteiger partial charge < -0.3 is 14.7 Å². The number of aromatic hydroxyl groups is 1. The van der Waals surface area contributed by atoms with Gasteiger partial charge in [-0.2, -0.15) is 0 Å². The monoisotopic (exact) mass is 279 g/mol. The Morgan fingerprint density at radius 3 is 2.55 bits per heavy atom. The predicted octanol–water partition coefficient (Wildman–Crippen LogP) is 2.40. The number of esters is 1. The first-order chi connectivity index (χ1) is 9.49. The minimum absolute atomic E-state index is 0.0705. The number of rotatable bonds is 6. The summed E-state index contributed by atoms with van der Waals surface area (Å²) in [4.78, 5) is 25.0. The van der Waals surface area contributed by atoms with Gasteiger partial charge in [-0.05, 0) is 32.4 Å². The molecule has 0 aliphatic carbocycles. The fourth-order valence-corrected chi connectivity index (χ4v) is 1.95. The molecule has 0 aliphatic rings. The van der Waals surface area contributed by atoms with E-state index in [0.717, 1.165) is 5.56 Å². The molecule has 0 fully saturated rings. The summed E-state index contributed by atoms with van der Waals surface area (Å²) in [6.45, 7) is 6.25. The molecule has 0 aliphatic heterocycles. The summed E-state index contributed by atoms with van der Waals surface area (Å²) in [5.74, 6) is -0.416. The van der Waals surface area contributed by atoms with Gasteiger partial charge >= 0.3 is 5.97 Å². The van der Waals surface area contributed by atoms with Crippen LogP contribution in [0.1, 0.15) is 32.3 Å². The zero-order valence-corrected chi connectivity index (χ0v) is 12.2. The fourth-order valence-electron chi connectivity index (χ4n) is 1.95. The minimum Gasteiger partial charge on any atom is -0.508 e. The third-order valence-corrected chi connectivity index (χ3v) is 2.95. The number of carbonyl (C=O) groups excluding carboxylic acids is 2. The van der Waals surface area contributed by atoms with Crippen LogP contribution in [-0.4, -0.2) is 30.1 Å². The SMILES string of the molecule is CCOC(=O)CCC(=O)N(CC)c1cc(O)ccc1C. The zero-order chi connectivity index (χ0) is 15.1. The van der Waals surface area contributed by atoms with Crippen LogP contribution in [0.15, 0.2) is 18.2 Å². The van der Waals surface area contributed by atoms with Gasteiger partial charge in [0, 0.05) is 19.0 Å². The van der Waals surface area contributed by atoms with Crippen molar-refractivity contribution >= 4 is 17.6 Å². The number of hydrogen-bond donors (Lipinski definition) is 1. The molecular weight excluding hydrogens is 258 g/mol. The Morgan fingerprint density at radius 2 is 1.95 bits per heavy atom. The molecule has 1 aromatic carbocycles. The highest BCUT2D eigenvalue weighted by atomic mass is 16.5. The number of nitrogens with zero attached hydrogens (tertiary/aromatic N) is 1. The van der Waals surface area contributed by atoms with Crippen molar-refractivity contribution in [3.8, 4) is 5.75 Å². The van der Waals surface area contributed by atoms with Gasteiger partial charge in [0.2, 0.25) is 5.91 Å². The fraction of sp³-hybridized carbons (Fsp3) is 0.467. The molecule has 0 saturated heterocycles. The molecule has 20 heavy (non-hydrogen) atoms. The van der Waals surface area contributed by atoms with Crippen LogP contribution in [0.3, 0.4) is 0 Å². The highest BCUT2D eigenvalue weighted by molar-refractivity contribution is 5.95. The van der Waals surface area contributed by atoms with Crippen LogP contribution in [0.4, 0.5) is 5.69 Å². The smallest absolute Gasteiger partial charge is 0.306 e. The number of phenolic OH excluding ortho intramolecular Hbond substituents is 1. The predicted molar refractivity (Wildman–Crippen MR) is 76.7 cm³/mol. The van der Waals surface area contributed by atoms with Gasteiger partial charge in [0.25, 0.3) is 0 Å². The van der Waals surface area contributed by atoms with Crippen LogP contribution in [0, 0.1) is 6.92 Å². The van der Waals surface area contributed by atoms with Gasteiger partial charge in [-0.15, -0.1) is 0 Å². The zero-order valence-electron chi connectivity index (χ0n) is 12.2. The number of aryl methyl sites for hydroxylation is 1. The van der Waals surface area contributed by atoms with E-state index in [-0.39, 0.29) is 30.5 Å². The second-order valence-electron chi connectivity index (χ2n) is 4.41. The summed E-state index contributed by atoms with van der Waals surface area (Å²) < 4.78 is 4.80. The van der Waals surface area contributed by atoms with E-state index in [0.29, 0.717) is 18.8 Å². The average molecular weight is 279 g/mol. The van der Waals surface area contributed by atoms with E-state index in [1.165, 1.54) is 0 Å². The molecule has 1 rings (SSSR count). The van der Waals surface area contributed by atoms with E-state index in [9.17, 15) is 14.7 Å². The summed E-state index contributed by atoms with van der Waals surface area (Å²) in [6.07, 6.45) is 0.169. The summed E-state index contributed by atoms with van der Waals surface area (Å²) in [6, 6.07) is 4.89. The van der Waals surface area contributed by atoms with Gasteiger partial charge in [0.05, 0.1) is 18.7 Å². The molecule has 5 heteroatoms. The van der Waals surface area contributed by atoms with Gasteiger partial charge in [0.15, 0.2) is 0 Å². The average Bonchev–Trinajstić information content (AvgIpc) is 2.41. The number of ether oxygens (including phenoxy) is 1. The Morgan fingerprint density at radius 1 is 1.25 bits per heavy atom. The first kappa shape index (κ1) is 16.0. The van der Waals surface area contributed by atoms with E-state index in [1.54, 1.807) is 30.0 Å². The summed E-state index contributed by atoms with van der Waals surface area (Å²) in [5, 5.41) is 9.54. The Hall–Kier alpha value is -2.04. The van der Waals surface area contributed by atoms with Gasteiger partial charge in [-0.3, -0.25) is 9.59 Å². The van der Waals surface area contributed by atoms with E-state index < -0.39 is 0 Å². The van der Waals surface area contributed by atoms with Crippen molar-refractivity contribution in [1.82, 2.24) is 0 Å². The number of anilines is 1. The molecule has 0 aromatic heterocycles. The maximum atomic E-state index is 12.2. The molecule has 0 saturated carbocycles. The molecule has 1 amide bonds. The van der Waals surface area contributed by atoms with E-state index in [4.69, 9.17) is 4.74 Å². The lowest BCUT2D eigenvalue weighted by Crippen LogP contribution is -2.31. The second-order valence-corrected chi connectivity index (χ2v) is 4.41. The Kier molecular flexibility index (Phi) is 6.03. The Labute approximate surface area is 119 Å². The van der Waals surface area contributed by atoms with Crippen molar-refractivity contribution in [3.63, 3.8) is 0 Å². The lowest BCUT2D eigenvalue weighted by atomic mass is 10.1. The van der Waals surface area contributed by atoms with Crippen molar-refractivity contribution in [2.75, 3.05) is 18.1 Å². The highest BCUT2D eigenvalue weighted by Gasteiger charge is 2.17. The number of phenols is 1. The number of benzene rings is 1. The molecule has 5 nitrogen and oxygen atoms in total. The molecular formula is C15H21NO4. The molecule has 0 heterocycles. The molecule has 0 bridgehead atoms. The third kappa shape index (κ3) is 4.26. The van der Waals surface area contributed by atoms with Crippen LogP contribution in [0.25, 0.3) is 0 Å². The molecule has 0 radical (unpaired) electrons. The van der Waals surface area contributed by atoms with Gasteiger partial charge in [-0.25, -0.2) is 0 Å². The molecule has 0 atom stereocenters. The van der Waals surface area contributed by atoms with Crippen molar-refractivity contribution in [2.45, 2.75) is 33.6 Å². The maximum Gasteiger partial charge on any atom is 0.306 e. The minimum atomic E-state index is -0.371. The molecule has 1 N–H and O–H groups in total. The quantitative estimate of drug-likeness (QED) is 0.812. The molecule has 110 valence electrons. The topological polar surface area (TPSA) is 66.8 Å². The first-order valence-electron chi connectivity index (χ1n) is 6.75. The standard InChI is InChI=1S/C15H21NO4/c1-4-16(13-10-12(17)7-6-11(13)3)14(18)8-9-15(19)20-5-2/h6-7,10,17H,4-5,8-9H2,1-3H3. The van der Waals surface area contributed by atoms with Crippen molar-refractivity contribution in [1.29, 1.82) is 0 Å². The Balaban J connectivity index is 2.77. The largest absolute Gasteiger partial charge is 0.508 e. The lowest BCUT2D eigenvalue weighted by molar-refractivity contribution is -0.144. The van der Waals surface area contributed by atoms with E-state index >= 15 is 0 Å². The van der Waals surface area contributed by atoms with Crippen LogP contribution >= 0.6 is 0 Å². The van der Waals surface area contributed by atoms with E-state index in [2.05, 4.69) is 0 Å². The van der Waals surface area contributed by atoms with Gasteiger partial charge in [-0.1, -0.05) is 6.07 Å². The number of amides is 1. The van der Waals surface area contributed by atoms with Crippen LogP contribution in [0.2, 0.25) is 0 Å². The van der Waals surface area contributed by atoms with Crippen LogP contribution < -0.4 is 4.90 Å². The highest BCUT2D eigenvalue weighted by Crippen LogP contribution is 2.25. The van der Waals surface area contributed by atoms with Crippen LogP contribution in [0.5, 0.6) is 5.75 Å². The van der Waals surface area contributed by atoms with Crippen molar-refractivity contribution < 1.29 is 19.4 Å². The molecule has 1 aromatic rings.